The smallest absolute Gasteiger partial charge is 0.358 e. The molecule has 0 spiro atoms. The number of benzene rings is 1. The summed E-state index contributed by atoms with van der Waals surface area (Å²) in [4.78, 5) is 51.5. The van der Waals surface area contributed by atoms with Crippen LogP contribution in [0.2, 0.25) is 0 Å². The summed E-state index contributed by atoms with van der Waals surface area (Å²) in [5.74, 6) is -2.57. The van der Waals surface area contributed by atoms with Crippen molar-refractivity contribution in [2.75, 3.05) is 13.3 Å². The first-order chi connectivity index (χ1) is 16.0. The number of fused-ring (bicyclic) bond motifs is 1. The predicted molar refractivity (Wildman–Crippen MR) is 123 cm³/mol. The molecule has 9 nitrogen and oxygen atoms in total. The molecule has 1 aromatic carbocycles. The minimum atomic E-state index is -0.871. The monoisotopic (exact) mass is 472 g/mol. The molecule has 3 atom stereocenters. The van der Waals surface area contributed by atoms with Gasteiger partial charge >= 0.3 is 11.9 Å². The molecule has 9 heteroatoms. The lowest BCUT2D eigenvalue weighted by Crippen LogP contribution is -2.61. The third kappa shape index (κ3) is 4.99. The van der Waals surface area contributed by atoms with E-state index in [0.29, 0.717) is 29.7 Å². The first-order valence-corrected chi connectivity index (χ1v) is 11.4. The first-order valence-electron chi connectivity index (χ1n) is 11.4. The highest BCUT2D eigenvalue weighted by Crippen LogP contribution is 2.47. The second kappa shape index (κ2) is 9.97. The van der Waals surface area contributed by atoms with Crippen LogP contribution in [0.3, 0.4) is 0 Å². The maximum absolute atomic E-state index is 13.0. The van der Waals surface area contributed by atoms with Crippen LogP contribution in [0, 0.1) is 11.3 Å². The molecule has 2 N–H and O–H groups in total. The Bertz CT molecular complexity index is 1020. The van der Waals surface area contributed by atoms with Crippen LogP contribution in [-0.2, 0) is 23.9 Å². The van der Waals surface area contributed by atoms with Crippen molar-refractivity contribution in [3.8, 4) is 0 Å². The Morgan fingerprint density at radius 1 is 1.24 bits per heavy atom. The van der Waals surface area contributed by atoms with Gasteiger partial charge in [0.2, 0.25) is 12.7 Å². The van der Waals surface area contributed by atoms with Gasteiger partial charge in [-0.05, 0) is 63.8 Å². The van der Waals surface area contributed by atoms with E-state index < -0.39 is 36.2 Å². The second-order valence-electron chi connectivity index (χ2n) is 9.64. The van der Waals surface area contributed by atoms with Crippen LogP contribution in [0.15, 0.2) is 30.0 Å². The average Bonchev–Trinajstić information content (AvgIpc) is 3.11. The number of hydrogen-bond acceptors (Lipinski definition) is 7. The highest BCUT2D eigenvalue weighted by atomic mass is 16.7. The summed E-state index contributed by atoms with van der Waals surface area (Å²) in [6.07, 6.45) is 0.253. The molecule has 184 valence electrons. The molecule has 34 heavy (non-hydrogen) atoms. The van der Waals surface area contributed by atoms with Gasteiger partial charge in [0, 0.05) is 12.1 Å². The van der Waals surface area contributed by atoms with Gasteiger partial charge in [0.15, 0.2) is 0 Å². The lowest BCUT2D eigenvalue weighted by molar-refractivity contribution is -0.175. The van der Waals surface area contributed by atoms with Crippen molar-refractivity contribution in [3.05, 3.63) is 41.1 Å². The average molecular weight is 473 g/mol. The van der Waals surface area contributed by atoms with Crippen LogP contribution in [0.25, 0.3) is 5.57 Å². The SMILES string of the molecule is CCCNC(=O)c1cccc(C2=C(C(=O)OCOC(=O)C(C)(C)C)N3C(=O)[C@H]([C@@H](C)O)[C@H]3C2)c1. The van der Waals surface area contributed by atoms with Gasteiger partial charge in [-0.2, -0.15) is 0 Å². The standard InChI is InChI=1S/C25H32N2O7/c1-6-10-26-21(29)16-9-7-8-15(11-16)17-12-18-19(14(2)28)22(30)27(18)20(17)23(31)33-13-34-24(32)25(3,4)5/h7-9,11,14,18-19,28H,6,10,12-13H2,1-5H3,(H,26,29)/t14-,18-,19-/m1/s1. The van der Waals surface area contributed by atoms with Crippen LogP contribution >= 0.6 is 0 Å². The number of aliphatic hydroxyl groups is 1. The quantitative estimate of drug-likeness (QED) is 0.338. The van der Waals surface area contributed by atoms with Crippen LogP contribution in [0.4, 0.5) is 0 Å². The fraction of sp³-hybridized carbons (Fsp3) is 0.520. The summed E-state index contributed by atoms with van der Waals surface area (Å²) < 4.78 is 10.2. The molecule has 1 fully saturated rings. The van der Waals surface area contributed by atoms with Gasteiger partial charge in [-0.3, -0.25) is 14.4 Å². The Hall–Kier alpha value is -3.20. The third-order valence-corrected chi connectivity index (χ3v) is 5.92. The fourth-order valence-corrected chi connectivity index (χ4v) is 4.13. The maximum Gasteiger partial charge on any atom is 0.358 e. The highest BCUT2D eigenvalue weighted by molar-refractivity contribution is 6.07. The molecule has 1 saturated heterocycles. The van der Waals surface area contributed by atoms with Gasteiger partial charge in [0.05, 0.1) is 23.5 Å². The summed E-state index contributed by atoms with van der Waals surface area (Å²) in [7, 11) is 0. The molecule has 1 aromatic rings. The van der Waals surface area contributed by atoms with Crippen molar-refractivity contribution in [3.63, 3.8) is 0 Å². The number of aliphatic hydroxyl groups excluding tert-OH is 1. The highest BCUT2D eigenvalue weighted by Gasteiger charge is 2.57. The molecule has 2 heterocycles. The normalized spacial score (nSPS) is 20.4. The Labute approximate surface area is 199 Å². The predicted octanol–water partition coefficient (Wildman–Crippen LogP) is 2.24. The number of nitrogens with zero attached hydrogens (tertiary/aromatic N) is 1. The number of esters is 2. The zero-order valence-electron chi connectivity index (χ0n) is 20.2. The summed E-state index contributed by atoms with van der Waals surface area (Å²) in [6.45, 7) is 8.49. The van der Waals surface area contributed by atoms with E-state index in [1.807, 2.05) is 6.92 Å². The molecule has 3 rings (SSSR count). The molecular weight excluding hydrogens is 440 g/mol. The fourth-order valence-electron chi connectivity index (χ4n) is 4.13. The lowest BCUT2D eigenvalue weighted by atomic mass is 9.82. The van der Waals surface area contributed by atoms with Gasteiger partial charge in [-0.1, -0.05) is 19.1 Å². The number of β-lactam (4-membered cyclic amide) rings is 1. The van der Waals surface area contributed by atoms with E-state index in [0.717, 1.165) is 6.42 Å². The summed E-state index contributed by atoms with van der Waals surface area (Å²) >= 11 is 0. The maximum atomic E-state index is 13.0. The van der Waals surface area contributed by atoms with Crippen LogP contribution in [0.5, 0.6) is 0 Å². The van der Waals surface area contributed by atoms with Gasteiger partial charge in [-0.15, -0.1) is 0 Å². The zero-order chi connectivity index (χ0) is 25.2. The second-order valence-corrected chi connectivity index (χ2v) is 9.64. The van der Waals surface area contributed by atoms with Crippen molar-refractivity contribution in [1.29, 1.82) is 0 Å². The third-order valence-electron chi connectivity index (χ3n) is 5.92. The number of rotatable bonds is 8. The van der Waals surface area contributed by atoms with E-state index in [1.54, 1.807) is 52.0 Å². The van der Waals surface area contributed by atoms with E-state index >= 15 is 0 Å². The Kier molecular flexibility index (Phi) is 7.45. The molecule has 2 aliphatic rings. The Balaban J connectivity index is 1.89. The van der Waals surface area contributed by atoms with E-state index in [9.17, 15) is 24.3 Å². The molecule has 0 aromatic heterocycles. The van der Waals surface area contributed by atoms with E-state index in [1.165, 1.54) is 4.90 Å². The van der Waals surface area contributed by atoms with Gasteiger partial charge in [-0.25, -0.2) is 4.79 Å². The largest absolute Gasteiger partial charge is 0.427 e. The molecule has 0 radical (unpaired) electrons. The molecule has 2 aliphatic heterocycles. The van der Waals surface area contributed by atoms with Crippen LogP contribution < -0.4 is 5.32 Å². The van der Waals surface area contributed by atoms with Gasteiger partial charge in [0.1, 0.15) is 5.70 Å². The summed E-state index contributed by atoms with van der Waals surface area (Å²) in [6, 6.07) is 6.42. The van der Waals surface area contributed by atoms with Crippen molar-refractivity contribution in [1.82, 2.24) is 10.2 Å². The van der Waals surface area contributed by atoms with E-state index in [2.05, 4.69) is 5.32 Å². The molecule has 0 bridgehead atoms. The minimum Gasteiger partial charge on any atom is -0.427 e. The number of carbonyl (C=O) groups excluding carboxylic acids is 4. The van der Waals surface area contributed by atoms with Crippen LogP contribution in [-0.4, -0.2) is 59.2 Å². The Morgan fingerprint density at radius 2 is 1.94 bits per heavy atom. The number of hydrogen-bond donors (Lipinski definition) is 2. The minimum absolute atomic E-state index is 0.0461. The molecule has 2 amide bonds. The van der Waals surface area contributed by atoms with Crippen molar-refractivity contribution in [2.24, 2.45) is 11.3 Å². The zero-order valence-corrected chi connectivity index (χ0v) is 20.2. The molecule has 0 unspecified atom stereocenters. The number of amides is 2. The summed E-state index contributed by atoms with van der Waals surface area (Å²) in [5, 5.41) is 12.9. The van der Waals surface area contributed by atoms with Crippen molar-refractivity contribution < 1.29 is 33.8 Å². The van der Waals surface area contributed by atoms with Gasteiger partial charge in [0.25, 0.3) is 5.91 Å². The summed E-state index contributed by atoms with van der Waals surface area (Å²) in [5.41, 5.74) is 0.863. The van der Waals surface area contributed by atoms with Crippen molar-refractivity contribution >= 4 is 29.3 Å². The van der Waals surface area contributed by atoms with Gasteiger partial charge < -0.3 is 24.8 Å². The number of nitrogens with one attached hydrogen (secondary N) is 1. The van der Waals surface area contributed by atoms with Crippen LogP contribution in [0.1, 0.15) is 63.4 Å². The van der Waals surface area contributed by atoms with E-state index in [4.69, 9.17) is 9.47 Å². The number of ether oxygens (including phenoxy) is 2. The lowest BCUT2D eigenvalue weighted by Gasteiger charge is -2.44. The molecular formula is C25H32N2O7. The first kappa shape index (κ1) is 25.4. The number of carbonyl (C=O) groups is 4. The molecule has 0 aliphatic carbocycles. The Morgan fingerprint density at radius 3 is 2.56 bits per heavy atom. The molecule has 0 saturated carbocycles. The van der Waals surface area contributed by atoms with E-state index in [-0.39, 0.29) is 23.6 Å². The van der Waals surface area contributed by atoms with Crippen molar-refractivity contribution in [2.45, 2.75) is 59.6 Å². The topological polar surface area (TPSA) is 122 Å².